The Hall–Kier alpha value is -1.31. The first-order valence-electron chi connectivity index (χ1n) is 3.87. The third-order valence-corrected chi connectivity index (χ3v) is 1.79. The van der Waals surface area contributed by atoms with Crippen molar-refractivity contribution in [3.63, 3.8) is 0 Å². The molecule has 0 atom stereocenters. The second-order valence-electron chi connectivity index (χ2n) is 2.59. The molecule has 1 aliphatic heterocycles. The van der Waals surface area contributed by atoms with Gasteiger partial charge in [0.2, 0.25) is 0 Å². The molecule has 0 bridgehead atoms. The highest BCUT2D eigenvalue weighted by molar-refractivity contribution is 5.94. The lowest BCUT2D eigenvalue weighted by Crippen LogP contribution is -2.70. The molecule has 1 aliphatic rings. The second kappa shape index (κ2) is 2.74. The van der Waals surface area contributed by atoms with Crippen LogP contribution >= 0.6 is 0 Å². The van der Waals surface area contributed by atoms with Gasteiger partial charge in [0.15, 0.2) is 0 Å². The topological polar surface area (TPSA) is 26.0 Å². The van der Waals surface area contributed by atoms with Crippen LogP contribution < -0.4 is 10.3 Å². The van der Waals surface area contributed by atoms with Crippen LogP contribution in [0.3, 0.4) is 0 Å². The van der Waals surface area contributed by atoms with Crippen LogP contribution in [0.4, 0.5) is 0 Å². The number of hydrogen-bond acceptors (Lipinski definition) is 1. The zero-order valence-electron chi connectivity index (χ0n) is 6.30. The first kappa shape index (κ1) is 6.40. The molecule has 1 aromatic carbocycles. The maximum Gasteiger partial charge on any atom is 0.275 e. The molecule has 2 heteroatoms. The number of benzene rings is 1. The molecule has 1 heterocycles. The van der Waals surface area contributed by atoms with Gasteiger partial charge < -0.3 is 0 Å². The first-order valence-corrected chi connectivity index (χ1v) is 3.87. The molecule has 0 fully saturated rings. The molecule has 0 radical (unpaired) electrons. The van der Waals surface area contributed by atoms with Crippen LogP contribution in [-0.4, -0.2) is 18.9 Å². The molecule has 0 saturated carbocycles. The molecule has 0 aromatic heterocycles. The van der Waals surface area contributed by atoms with E-state index >= 15 is 0 Å². The Morgan fingerprint density at radius 1 is 1.18 bits per heavy atom. The van der Waals surface area contributed by atoms with E-state index in [1.54, 1.807) is 0 Å². The molecule has 0 saturated heterocycles. The Kier molecular flexibility index (Phi) is 1.60. The summed E-state index contributed by atoms with van der Waals surface area (Å²) >= 11 is 0. The Morgan fingerprint density at radius 2 is 2.00 bits per heavy atom. The van der Waals surface area contributed by atoms with Crippen molar-refractivity contribution in [3.8, 4) is 0 Å². The highest BCUT2D eigenvalue weighted by atomic mass is 15.1. The number of nitrogens with one attached hydrogen (secondary N) is 2. The average molecular weight is 147 g/mol. The van der Waals surface area contributed by atoms with Crippen LogP contribution in [0.5, 0.6) is 0 Å². The summed E-state index contributed by atoms with van der Waals surface area (Å²) in [5.74, 6) is 1.16. The zero-order chi connectivity index (χ0) is 7.52. The summed E-state index contributed by atoms with van der Waals surface area (Å²) in [6.45, 7) is 2.06. The summed E-state index contributed by atoms with van der Waals surface area (Å²) < 4.78 is 0. The predicted molar refractivity (Wildman–Crippen MR) is 44.4 cm³/mol. The molecule has 2 N–H and O–H groups in total. The van der Waals surface area contributed by atoms with Gasteiger partial charge in [-0.3, -0.25) is 10.3 Å². The Labute approximate surface area is 66.0 Å². The van der Waals surface area contributed by atoms with Crippen LogP contribution in [0, 0.1) is 0 Å². The third kappa shape index (κ3) is 1.24. The van der Waals surface area contributed by atoms with Gasteiger partial charge in [0.05, 0.1) is 5.56 Å². The largest absolute Gasteiger partial charge is 0.275 e. The van der Waals surface area contributed by atoms with E-state index < -0.39 is 0 Å². The van der Waals surface area contributed by atoms with Crippen LogP contribution in [0.15, 0.2) is 30.3 Å². The molecule has 0 unspecified atom stereocenters. The summed E-state index contributed by atoms with van der Waals surface area (Å²) in [7, 11) is 0. The lowest BCUT2D eigenvalue weighted by Gasteiger charge is -1.92. The van der Waals surface area contributed by atoms with Crippen LogP contribution in [-0.2, 0) is 0 Å². The molecule has 2 nitrogen and oxygen atoms in total. The Morgan fingerprint density at radius 3 is 2.64 bits per heavy atom. The fourth-order valence-electron chi connectivity index (χ4n) is 1.25. The van der Waals surface area contributed by atoms with Crippen molar-refractivity contribution in [1.82, 2.24) is 5.32 Å². The summed E-state index contributed by atoms with van der Waals surface area (Å²) in [6, 6.07) is 10.3. The fraction of sp³-hybridized carbons (Fsp3) is 0.222. The molecule has 56 valence electrons. The van der Waals surface area contributed by atoms with Gasteiger partial charge in [-0.2, -0.15) is 0 Å². The van der Waals surface area contributed by atoms with Gasteiger partial charge in [0, 0.05) is 0 Å². The van der Waals surface area contributed by atoms with Gasteiger partial charge in [0.1, 0.15) is 13.1 Å². The lowest BCUT2D eigenvalue weighted by molar-refractivity contribution is -0.444. The number of rotatable bonds is 1. The van der Waals surface area contributed by atoms with E-state index in [0.717, 1.165) is 18.9 Å². The van der Waals surface area contributed by atoms with Crippen molar-refractivity contribution in [2.75, 3.05) is 13.1 Å². The minimum absolute atomic E-state index is 1.03. The third-order valence-electron chi connectivity index (χ3n) is 1.79. The molecular formula is C9H11N2+. The first-order chi connectivity index (χ1) is 5.47. The van der Waals surface area contributed by atoms with Crippen molar-refractivity contribution >= 4 is 5.84 Å². The lowest BCUT2D eigenvalue weighted by atomic mass is 10.2. The maximum atomic E-state index is 3.28. The molecular weight excluding hydrogens is 136 g/mol. The van der Waals surface area contributed by atoms with Crippen molar-refractivity contribution in [1.29, 1.82) is 0 Å². The molecule has 11 heavy (non-hydrogen) atoms. The average Bonchev–Trinajstić information content (AvgIpc) is 2.58. The molecule has 0 aliphatic carbocycles. The number of amidine groups is 1. The molecule has 2 rings (SSSR count). The molecule has 0 spiro atoms. The van der Waals surface area contributed by atoms with E-state index in [2.05, 4.69) is 22.4 Å². The van der Waals surface area contributed by atoms with E-state index in [9.17, 15) is 0 Å². The van der Waals surface area contributed by atoms with E-state index in [-0.39, 0.29) is 0 Å². The van der Waals surface area contributed by atoms with E-state index in [1.807, 2.05) is 18.2 Å². The van der Waals surface area contributed by atoms with Crippen LogP contribution in [0.25, 0.3) is 0 Å². The Balaban J connectivity index is 2.29. The van der Waals surface area contributed by atoms with Crippen molar-refractivity contribution in [3.05, 3.63) is 35.9 Å². The van der Waals surface area contributed by atoms with Gasteiger partial charge >= 0.3 is 0 Å². The van der Waals surface area contributed by atoms with Crippen molar-refractivity contribution < 1.29 is 4.99 Å². The molecule has 0 amide bonds. The summed E-state index contributed by atoms with van der Waals surface area (Å²) in [5.41, 5.74) is 1.24. The highest BCUT2D eigenvalue weighted by Crippen LogP contribution is 1.95. The second-order valence-corrected chi connectivity index (χ2v) is 2.59. The van der Waals surface area contributed by atoms with Gasteiger partial charge in [-0.15, -0.1) is 0 Å². The highest BCUT2D eigenvalue weighted by Gasteiger charge is 2.12. The van der Waals surface area contributed by atoms with Crippen molar-refractivity contribution in [2.45, 2.75) is 0 Å². The van der Waals surface area contributed by atoms with Gasteiger partial charge in [-0.25, -0.2) is 0 Å². The van der Waals surface area contributed by atoms with Crippen molar-refractivity contribution in [2.24, 2.45) is 0 Å². The maximum absolute atomic E-state index is 3.28. The Bertz CT molecular complexity index is 264. The van der Waals surface area contributed by atoms with Crippen LogP contribution in [0.1, 0.15) is 5.56 Å². The summed E-state index contributed by atoms with van der Waals surface area (Å²) in [5, 5.41) is 3.28. The van der Waals surface area contributed by atoms with Gasteiger partial charge in [-0.1, -0.05) is 18.2 Å². The van der Waals surface area contributed by atoms with Gasteiger partial charge in [-0.05, 0) is 12.1 Å². The number of hydrogen-bond donors (Lipinski definition) is 2. The predicted octanol–water partition coefficient (Wildman–Crippen LogP) is -0.883. The van der Waals surface area contributed by atoms with E-state index in [1.165, 1.54) is 5.56 Å². The standard InChI is InChI=1S/C9H10N2/c1-2-4-8(5-3-1)9-10-6-7-11-9/h1-5H,6-7H2,(H,10,11)/p+1. The summed E-state index contributed by atoms with van der Waals surface area (Å²) in [4.78, 5) is 3.28. The minimum atomic E-state index is 1.03. The zero-order valence-corrected chi connectivity index (χ0v) is 6.30. The SMILES string of the molecule is c1ccc(C2=[NH+]CCN2)cc1. The summed E-state index contributed by atoms with van der Waals surface area (Å²) in [6.07, 6.45) is 0. The monoisotopic (exact) mass is 147 g/mol. The molecule has 1 aromatic rings. The van der Waals surface area contributed by atoms with Crippen LogP contribution in [0.2, 0.25) is 0 Å². The fourth-order valence-corrected chi connectivity index (χ4v) is 1.25. The van der Waals surface area contributed by atoms with Gasteiger partial charge in [0.25, 0.3) is 5.84 Å². The quantitative estimate of drug-likeness (QED) is 0.530. The minimum Gasteiger partial charge on any atom is -0.270 e. The van der Waals surface area contributed by atoms with E-state index in [0.29, 0.717) is 0 Å². The normalized spacial score (nSPS) is 15.8. The van der Waals surface area contributed by atoms with E-state index in [4.69, 9.17) is 0 Å². The smallest absolute Gasteiger partial charge is 0.270 e.